The Hall–Kier alpha value is -6.32. The van der Waals surface area contributed by atoms with Crippen molar-refractivity contribution < 1.29 is 9.72 Å². The highest BCUT2D eigenvalue weighted by Gasteiger charge is 2.17. The van der Waals surface area contributed by atoms with Crippen LogP contribution in [0.5, 0.6) is 0 Å². The van der Waals surface area contributed by atoms with Crippen LogP contribution in [0.4, 0.5) is 17.2 Å². The van der Waals surface area contributed by atoms with E-state index in [2.05, 4.69) is 21.4 Å². The maximum Gasteiger partial charge on any atom is 0.269 e. The zero-order valence-corrected chi connectivity index (χ0v) is 24.8. The number of nitrogens with one attached hydrogen (secondary N) is 1. The fourth-order valence-electron chi connectivity index (χ4n) is 4.89. The van der Waals surface area contributed by atoms with Crippen LogP contribution in [0.1, 0.15) is 5.56 Å². The molecular formula is C34H23N7O4S. The molecule has 0 saturated carbocycles. The van der Waals surface area contributed by atoms with Gasteiger partial charge in [0.05, 0.1) is 33.0 Å². The minimum Gasteiger partial charge on any atom is -0.383 e. The number of nitro benzene ring substituents is 1. The Bertz CT molecular complexity index is 2210. The number of hydrogen-bond acceptors (Lipinski definition) is 9. The summed E-state index contributed by atoms with van der Waals surface area (Å²) < 4.78 is 1.51. The Labute approximate surface area is 266 Å². The molecular weight excluding hydrogens is 602 g/mol. The van der Waals surface area contributed by atoms with Crippen LogP contribution in [0, 0.1) is 21.4 Å². The van der Waals surface area contributed by atoms with E-state index in [-0.39, 0.29) is 34.3 Å². The number of anilines is 2. The van der Waals surface area contributed by atoms with Gasteiger partial charge in [0.25, 0.3) is 11.2 Å². The fourth-order valence-corrected chi connectivity index (χ4v) is 5.70. The van der Waals surface area contributed by atoms with Gasteiger partial charge in [0.15, 0.2) is 5.16 Å². The van der Waals surface area contributed by atoms with Gasteiger partial charge in [-0.15, -0.1) is 0 Å². The van der Waals surface area contributed by atoms with Crippen molar-refractivity contribution in [2.24, 2.45) is 0 Å². The van der Waals surface area contributed by atoms with Gasteiger partial charge in [0, 0.05) is 28.9 Å². The molecule has 224 valence electrons. The first-order chi connectivity index (χ1) is 22.3. The van der Waals surface area contributed by atoms with Gasteiger partial charge in [0.2, 0.25) is 5.91 Å². The Morgan fingerprint density at radius 3 is 2.30 bits per heavy atom. The predicted octanol–water partition coefficient (Wildman–Crippen LogP) is 6.21. The molecule has 0 fully saturated rings. The molecule has 2 heterocycles. The lowest BCUT2D eigenvalue weighted by Gasteiger charge is -2.13. The molecule has 6 aromatic rings. The summed E-state index contributed by atoms with van der Waals surface area (Å²) in [6, 6.07) is 32.8. The average molecular weight is 626 g/mol. The van der Waals surface area contributed by atoms with E-state index >= 15 is 0 Å². The molecule has 2 aromatic heterocycles. The van der Waals surface area contributed by atoms with Crippen molar-refractivity contribution in [1.82, 2.24) is 14.5 Å². The molecule has 6 rings (SSSR count). The average Bonchev–Trinajstić information content (AvgIpc) is 3.08. The van der Waals surface area contributed by atoms with Crippen molar-refractivity contribution >= 4 is 45.8 Å². The summed E-state index contributed by atoms with van der Waals surface area (Å²) in [7, 11) is 0. The minimum atomic E-state index is -0.496. The van der Waals surface area contributed by atoms with E-state index in [1.807, 2.05) is 36.4 Å². The monoisotopic (exact) mass is 625 g/mol. The first kappa shape index (κ1) is 29.7. The first-order valence-electron chi connectivity index (χ1n) is 13.9. The van der Waals surface area contributed by atoms with Crippen LogP contribution in [-0.2, 0) is 4.79 Å². The number of para-hydroxylation sites is 2. The fraction of sp³-hybridized carbons (Fsp3) is 0.0294. The number of nitriles is 1. The molecule has 0 aliphatic rings. The maximum absolute atomic E-state index is 13.4. The molecule has 0 aliphatic heterocycles. The maximum atomic E-state index is 13.4. The summed E-state index contributed by atoms with van der Waals surface area (Å²) in [4.78, 5) is 46.0. The number of nitrogens with two attached hydrogens (primary N) is 1. The number of thioether (sulfide) groups is 1. The normalized spacial score (nSPS) is 10.8. The van der Waals surface area contributed by atoms with Gasteiger partial charge in [-0.25, -0.2) is 9.97 Å². The number of rotatable bonds is 8. The van der Waals surface area contributed by atoms with Crippen LogP contribution in [0.2, 0.25) is 0 Å². The van der Waals surface area contributed by atoms with Crippen LogP contribution in [0.3, 0.4) is 0 Å². The van der Waals surface area contributed by atoms with Crippen molar-refractivity contribution in [2.45, 2.75) is 5.16 Å². The Balaban J connectivity index is 1.20. The highest BCUT2D eigenvalue weighted by molar-refractivity contribution is 7.99. The van der Waals surface area contributed by atoms with Gasteiger partial charge in [0.1, 0.15) is 17.5 Å². The highest BCUT2D eigenvalue weighted by Crippen LogP contribution is 2.32. The lowest BCUT2D eigenvalue weighted by Crippen LogP contribution is -2.22. The van der Waals surface area contributed by atoms with Crippen LogP contribution in [-0.4, -0.2) is 31.1 Å². The van der Waals surface area contributed by atoms with Crippen LogP contribution < -0.4 is 16.6 Å². The predicted molar refractivity (Wildman–Crippen MR) is 178 cm³/mol. The topological polar surface area (TPSA) is 170 Å². The zero-order chi connectivity index (χ0) is 32.2. The van der Waals surface area contributed by atoms with Gasteiger partial charge >= 0.3 is 0 Å². The van der Waals surface area contributed by atoms with Crippen LogP contribution in [0.25, 0.3) is 39.0 Å². The van der Waals surface area contributed by atoms with Crippen molar-refractivity contribution in [3.8, 4) is 34.1 Å². The number of carbonyl (C=O) groups is 1. The summed E-state index contributed by atoms with van der Waals surface area (Å²) >= 11 is 1.16. The molecule has 0 atom stereocenters. The van der Waals surface area contributed by atoms with Crippen molar-refractivity contribution in [3.63, 3.8) is 0 Å². The second kappa shape index (κ2) is 12.7. The molecule has 0 unspecified atom stereocenters. The van der Waals surface area contributed by atoms with E-state index in [0.29, 0.717) is 49.8 Å². The minimum absolute atomic E-state index is 0.00563. The van der Waals surface area contributed by atoms with Crippen LogP contribution >= 0.6 is 11.8 Å². The number of fused-ring (bicyclic) bond motifs is 1. The number of benzene rings is 4. The number of nitrogen functional groups attached to an aromatic ring is 1. The molecule has 0 aliphatic carbocycles. The number of pyridine rings is 1. The lowest BCUT2D eigenvalue weighted by molar-refractivity contribution is -0.384. The molecule has 4 aromatic carbocycles. The van der Waals surface area contributed by atoms with Gasteiger partial charge in [-0.2, -0.15) is 5.26 Å². The zero-order valence-electron chi connectivity index (χ0n) is 24.0. The number of aromatic nitrogens is 3. The molecule has 46 heavy (non-hydrogen) atoms. The van der Waals surface area contributed by atoms with Crippen molar-refractivity contribution in [3.05, 3.63) is 135 Å². The standard InChI is InChI=1S/C34H23N7O4S/c35-19-28-27(21-12-16-25(17-13-21)41(44)45)18-30(38-32(28)36)22-10-14-23(15-11-22)37-31(42)20-46-34-39-29-9-5-4-8-26(29)33(43)40(34)24-6-2-1-3-7-24/h1-18H,20H2,(H2,36,38)(H,37,42). The number of nitrogens with zero attached hydrogens (tertiary/aromatic N) is 5. The van der Waals surface area contributed by atoms with E-state index in [4.69, 9.17) is 5.73 Å². The van der Waals surface area contributed by atoms with E-state index in [1.54, 1.807) is 60.7 Å². The van der Waals surface area contributed by atoms with E-state index in [9.17, 15) is 25.0 Å². The van der Waals surface area contributed by atoms with Crippen molar-refractivity contribution in [2.75, 3.05) is 16.8 Å². The van der Waals surface area contributed by atoms with Crippen molar-refractivity contribution in [1.29, 1.82) is 5.26 Å². The Morgan fingerprint density at radius 2 is 1.61 bits per heavy atom. The van der Waals surface area contributed by atoms with E-state index in [1.165, 1.54) is 16.7 Å². The van der Waals surface area contributed by atoms with Gasteiger partial charge in [-0.05, 0) is 60.2 Å². The number of non-ortho nitro benzene ring substituents is 1. The van der Waals surface area contributed by atoms with E-state index < -0.39 is 4.92 Å². The summed E-state index contributed by atoms with van der Waals surface area (Å²) in [6.45, 7) is 0. The molecule has 3 N–H and O–H groups in total. The van der Waals surface area contributed by atoms with Gasteiger partial charge in [-0.1, -0.05) is 54.2 Å². The number of carbonyl (C=O) groups excluding carboxylic acids is 1. The molecule has 0 saturated heterocycles. The molecule has 0 spiro atoms. The van der Waals surface area contributed by atoms with Gasteiger partial charge < -0.3 is 11.1 Å². The molecule has 0 radical (unpaired) electrons. The number of hydrogen-bond donors (Lipinski definition) is 2. The Kier molecular flexibility index (Phi) is 8.23. The molecule has 0 bridgehead atoms. The number of amides is 1. The largest absolute Gasteiger partial charge is 0.383 e. The third-order valence-electron chi connectivity index (χ3n) is 7.10. The molecule has 11 nitrogen and oxygen atoms in total. The quantitative estimate of drug-likeness (QED) is 0.0864. The second-order valence-electron chi connectivity index (χ2n) is 10.0. The summed E-state index contributed by atoms with van der Waals surface area (Å²) in [5.41, 5.74) is 9.98. The third kappa shape index (κ3) is 6.03. The molecule has 12 heteroatoms. The SMILES string of the molecule is N#Cc1c(-c2ccc([N+](=O)[O-])cc2)cc(-c2ccc(NC(=O)CSc3nc4ccccc4c(=O)n3-c3ccccc3)cc2)nc1N. The number of nitro groups is 1. The lowest BCUT2D eigenvalue weighted by atomic mass is 9.98. The Morgan fingerprint density at radius 1 is 0.935 bits per heavy atom. The molecule has 1 amide bonds. The summed E-state index contributed by atoms with van der Waals surface area (Å²) in [5, 5.41) is 24.5. The second-order valence-corrected chi connectivity index (χ2v) is 11.0. The smallest absolute Gasteiger partial charge is 0.269 e. The highest BCUT2D eigenvalue weighted by atomic mass is 32.2. The van der Waals surface area contributed by atoms with Gasteiger partial charge in [-0.3, -0.25) is 24.3 Å². The van der Waals surface area contributed by atoms with E-state index in [0.717, 1.165) is 11.8 Å². The first-order valence-corrected chi connectivity index (χ1v) is 14.9. The van der Waals surface area contributed by atoms with Crippen LogP contribution in [0.15, 0.2) is 119 Å². The summed E-state index contributed by atoms with van der Waals surface area (Å²) in [6.07, 6.45) is 0. The summed E-state index contributed by atoms with van der Waals surface area (Å²) in [5.74, 6) is -0.258. The third-order valence-corrected chi connectivity index (χ3v) is 8.04.